The first-order chi connectivity index (χ1) is 15.1. The Kier molecular flexibility index (Phi) is 7.02. The van der Waals surface area contributed by atoms with Gasteiger partial charge in [0.25, 0.3) is 5.91 Å². The van der Waals surface area contributed by atoms with Crippen LogP contribution < -0.4 is 40.0 Å². The Labute approximate surface area is 209 Å². The summed E-state index contributed by atoms with van der Waals surface area (Å²) in [6, 6.07) is 17.6. The van der Waals surface area contributed by atoms with Crippen molar-refractivity contribution in [2.24, 2.45) is 7.05 Å². The van der Waals surface area contributed by atoms with Crippen LogP contribution in [0.2, 0.25) is 0 Å². The van der Waals surface area contributed by atoms with Gasteiger partial charge in [0.2, 0.25) is 0 Å². The van der Waals surface area contributed by atoms with Crippen molar-refractivity contribution in [1.82, 2.24) is 4.57 Å². The number of halogens is 3. The van der Waals surface area contributed by atoms with E-state index in [0.29, 0.717) is 27.7 Å². The van der Waals surface area contributed by atoms with E-state index in [1.54, 1.807) is 49.5 Å². The second-order valence-corrected chi connectivity index (χ2v) is 7.22. The fourth-order valence-electron chi connectivity index (χ4n) is 3.59. The van der Waals surface area contributed by atoms with Crippen molar-refractivity contribution in [3.05, 3.63) is 89.6 Å². The van der Waals surface area contributed by atoms with Crippen LogP contribution in [-0.2, 0) is 13.2 Å². The van der Waals surface area contributed by atoms with Gasteiger partial charge in [-0.3, -0.25) is 4.79 Å². The molecule has 0 aliphatic rings. The Morgan fingerprint density at radius 3 is 2.24 bits per heavy atom. The fraction of sp³-hybridized carbons (Fsp3) is 0.0833. The van der Waals surface area contributed by atoms with E-state index in [1.165, 1.54) is 22.8 Å². The van der Waals surface area contributed by atoms with Gasteiger partial charge in [-0.2, -0.15) is 13.2 Å². The topological polar surface area (TPSA) is 74.2 Å². The van der Waals surface area contributed by atoms with Gasteiger partial charge in [-0.25, -0.2) is 0 Å². The van der Waals surface area contributed by atoms with Gasteiger partial charge in [-0.15, -0.1) is 0 Å². The summed E-state index contributed by atoms with van der Waals surface area (Å²) in [5.41, 5.74) is 1.59. The monoisotopic (exact) mass is 460 g/mol. The maximum absolute atomic E-state index is 13.0. The molecule has 0 bridgehead atoms. The van der Waals surface area contributed by atoms with Gasteiger partial charge in [-0.05, 0) is 53.6 Å². The molecule has 0 unspecified atom stereocenters. The number of carbonyl (C=O) groups excluding carboxylic acids is 2. The molecular weight excluding hydrogens is 444 g/mol. The largest absolute Gasteiger partial charge is 1.00 e. The van der Waals surface area contributed by atoms with Gasteiger partial charge in [0, 0.05) is 29.2 Å². The van der Waals surface area contributed by atoms with Crippen LogP contribution >= 0.6 is 0 Å². The predicted molar refractivity (Wildman–Crippen MR) is 112 cm³/mol. The van der Waals surface area contributed by atoms with Crippen LogP contribution in [0.3, 0.4) is 0 Å². The third-order valence-electron chi connectivity index (χ3n) is 5.20. The van der Waals surface area contributed by atoms with Gasteiger partial charge in [0.05, 0.1) is 17.2 Å². The number of rotatable bonds is 4. The van der Waals surface area contributed by atoms with Crippen LogP contribution in [0.25, 0.3) is 22.0 Å². The number of aromatic carboxylic acids is 1. The molecule has 0 aliphatic carbocycles. The zero-order valence-corrected chi connectivity index (χ0v) is 19.7. The van der Waals surface area contributed by atoms with Crippen molar-refractivity contribution in [1.29, 1.82) is 0 Å². The molecule has 1 heterocycles. The molecule has 0 spiro atoms. The second kappa shape index (κ2) is 9.43. The third kappa shape index (κ3) is 4.98. The van der Waals surface area contributed by atoms with Crippen molar-refractivity contribution < 1.29 is 57.4 Å². The van der Waals surface area contributed by atoms with Crippen LogP contribution in [0.4, 0.5) is 18.9 Å². The number of carboxylic acid groups (broad SMARTS) is 1. The van der Waals surface area contributed by atoms with Gasteiger partial charge in [0.15, 0.2) is 0 Å². The van der Waals surface area contributed by atoms with Gasteiger partial charge in [-0.1, -0.05) is 30.3 Å². The summed E-state index contributed by atoms with van der Waals surface area (Å²) in [4.78, 5) is 24.2. The summed E-state index contributed by atoms with van der Waals surface area (Å²) in [5, 5.41) is 14.6. The Bertz CT molecular complexity index is 1350. The fourth-order valence-corrected chi connectivity index (χ4v) is 3.59. The van der Waals surface area contributed by atoms with E-state index in [-0.39, 0.29) is 40.8 Å². The Balaban J connectivity index is 0.00000306. The zero-order chi connectivity index (χ0) is 23.0. The van der Waals surface area contributed by atoms with E-state index in [9.17, 15) is 27.9 Å². The number of alkyl halides is 3. The molecule has 9 heteroatoms. The quantitative estimate of drug-likeness (QED) is 0.469. The van der Waals surface area contributed by atoms with Crippen molar-refractivity contribution in [2.45, 2.75) is 6.18 Å². The summed E-state index contributed by atoms with van der Waals surface area (Å²) in [6.07, 6.45) is -4.44. The molecule has 3 aromatic carbocycles. The SMILES string of the molecule is Cn1c(C(=O)[O-])cc2cc(NC(=O)c3ccccc3-c3ccc(C(F)(F)F)cc3)ccc21.[Na+]. The number of hydrogen-bond acceptors (Lipinski definition) is 3. The molecule has 0 fully saturated rings. The number of nitrogens with zero attached hydrogens (tertiary/aromatic N) is 1. The van der Waals surface area contributed by atoms with Crippen molar-refractivity contribution in [2.75, 3.05) is 5.32 Å². The van der Waals surface area contributed by atoms with Gasteiger partial charge < -0.3 is 19.8 Å². The van der Waals surface area contributed by atoms with Gasteiger partial charge in [0.1, 0.15) is 0 Å². The third-order valence-corrected chi connectivity index (χ3v) is 5.20. The minimum absolute atomic E-state index is 0. The first-order valence-electron chi connectivity index (χ1n) is 9.54. The molecule has 5 nitrogen and oxygen atoms in total. The molecular formula is C24H16F3N2NaO3. The minimum atomic E-state index is -4.44. The molecule has 1 amide bonds. The molecule has 0 aliphatic heterocycles. The normalized spacial score (nSPS) is 11.2. The summed E-state index contributed by atoms with van der Waals surface area (Å²) in [7, 11) is 1.60. The maximum atomic E-state index is 13.0. The van der Waals surface area contributed by atoms with Crippen LogP contribution in [0.1, 0.15) is 26.4 Å². The average molecular weight is 460 g/mol. The van der Waals surface area contributed by atoms with Crippen molar-refractivity contribution in [3.63, 3.8) is 0 Å². The summed E-state index contributed by atoms with van der Waals surface area (Å²) < 4.78 is 40.0. The number of aromatic nitrogens is 1. The summed E-state index contributed by atoms with van der Waals surface area (Å²) in [6.45, 7) is 0. The van der Waals surface area contributed by atoms with Crippen LogP contribution in [0, 0.1) is 0 Å². The number of carboxylic acids is 1. The van der Waals surface area contributed by atoms with E-state index in [1.807, 2.05) is 0 Å². The molecule has 4 aromatic rings. The number of carbonyl (C=O) groups is 2. The van der Waals surface area contributed by atoms with Gasteiger partial charge >= 0.3 is 35.7 Å². The number of aryl methyl sites for hydroxylation is 1. The molecule has 0 radical (unpaired) electrons. The Morgan fingerprint density at radius 2 is 1.61 bits per heavy atom. The number of benzene rings is 3. The average Bonchev–Trinajstić information content (AvgIpc) is 3.09. The molecule has 4 rings (SSSR count). The zero-order valence-electron chi connectivity index (χ0n) is 17.7. The minimum Gasteiger partial charge on any atom is -0.543 e. The van der Waals surface area contributed by atoms with Crippen molar-refractivity contribution in [3.8, 4) is 11.1 Å². The summed E-state index contributed by atoms with van der Waals surface area (Å²) in [5.74, 6) is -1.75. The number of hydrogen-bond donors (Lipinski definition) is 1. The number of amides is 1. The molecule has 162 valence electrons. The number of fused-ring (bicyclic) bond motifs is 1. The van der Waals surface area contributed by atoms with E-state index >= 15 is 0 Å². The first-order valence-corrected chi connectivity index (χ1v) is 9.54. The van der Waals surface area contributed by atoms with E-state index in [4.69, 9.17) is 0 Å². The molecule has 33 heavy (non-hydrogen) atoms. The number of nitrogens with one attached hydrogen (secondary N) is 1. The predicted octanol–water partition coefficient (Wildman–Crippen LogP) is 1.48. The van der Waals surface area contributed by atoms with E-state index in [2.05, 4.69) is 5.32 Å². The van der Waals surface area contributed by atoms with Crippen molar-refractivity contribution >= 4 is 28.5 Å². The molecule has 0 saturated heterocycles. The van der Waals surface area contributed by atoms with E-state index < -0.39 is 23.6 Å². The second-order valence-electron chi connectivity index (χ2n) is 7.22. The molecule has 1 N–H and O–H groups in total. The van der Waals surface area contributed by atoms with E-state index in [0.717, 1.165) is 12.1 Å². The van der Waals surface area contributed by atoms with Crippen LogP contribution in [0.5, 0.6) is 0 Å². The maximum Gasteiger partial charge on any atom is 1.00 e. The first kappa shape index (κ1) is 24.6. The number of anilines is 1. The smallest absolute Gasteiger partial charge is 0.543 e. The van der Waals surface area contributed by atoms with Crippen LogP contribution in [0.15, 0.2) is 72.8 Å². The summed E-state index contributed by atoms with van der Waals surface area (Å²) >= 11 is 0. The Hall–Kier alpha value is -3.07. The standard InChI is InChI=1S/C24H17F3N2O3.Na/c1-29-20-11-10-17(12-15(20)13-21(29)23(31)32)28-22(30)19-5-3-2-4-18(19)14-6-8-16(9-7-14)24(25,26)27;/h2-13H,1H3,(H,28,30)(H,31,32);/q;+1/p-1. The Morgan fingerprint density at radius 1 is 0.939 bits per heavy atom. The molecule has 0 saturated carbocycles. The molecule has 1 aromatic heterocycles. The molecule has 0 atom stereocenters. The van der Waals surface area contributed by atoms with Crippen LogP contribution in [-0.4, -0.2) is 16.4 Å².